The van der Waals surface area contributed by atoms with Gasteiger partial charge in [-0.15, -0.1) is 0 Å². The molecule has 4 rings (SSSR count). The van der Waals surface area contributed by atoms with Crippen LogP contribution in [0, 0.1) is 0 Å². The zero-order chi connectivity index (χ0) is 26.4. The third-order valence-corrected chi connectivity index (χ3v) is 6.92. The Labute approximate surface area is 225 Å². The average molecular weight is 563 g/mol. The minimum Gasteiger partial charge on any atom is -0.768 e. The van der Waals surface area contributed by atoms with Crippen molar-refractivity contribution in [3.63, 3.8) is 0 Å². The summed E-state index contributed by atoms with van der Waals surface area (Å²) < 4.78 is 29.2. The summed E-state index contributed by atoms with van der Waals surface area (Å²) >= 11 is 9.04. The lowest BCUT2D eigenvalue weighted by Gasteiger charge is -2.28. The fourth-order valence-electron chi connectivity index (χ4n) is 3.86. The molecule has 3 N–H and O–H groups in total. The van der Waals surface area contributed by atoms with E-state index in [1.165, 1.54) is 42.7 Å². The van der Waals surface area contributed by atoms with Gasteiger partial charge in [-0.05, 0) is 91.0 Å². The van der Waals surface area contributed by atoms with Crippen LogP contribution in [-0.4, -0.2) is 42.7 Å². The Morgan fingerprint density at radius 1 is 1.03 bits per heavy atom. The van der Waals surface area contributed by atoms with Gasteiger partial charge in [0.1, 0.15) is 11.6 Å². The van der Waals surface area contributed by atoms with Crippen molar-refractivity contribution in [1.82, 2.24) is 14.8 Å². The zero-order valence-electron chi connectivity index (χ0n) is 19.3. The minimum atomic E-state index is -2.51. The molecule has 1 aliphatic rings. The maximum atomic E-state index is 13.3. The highest BCUT2D eigenvalue weighted by molar-refractivity contribution is 7.79. The topological polar surface area (TPSA) is 145 Å². The Kier molecular flexibility index (Phi) is 9.06. The number of amides is 2. The quantitative estimate of drug-likeness (QED) is 0.272. The molecule has 1 saturated carbocycles. The number of hydrogen-bond donors (Lipinski definition) is 3. The summed E-state index contributed by atoms with van der Waals surface area (Å²) in [5.74, 6) is -0.806. The van der Waals surface area contributed by atoms with Gasteiger partial charge in [0.2, 0.25) is 0 Å². The second-order valence-electron chi connectivity index (χ2n) is 8.26. The monoisotopic (exact) mass is 562 g/mol. The van der Waals surface area contributed by atoms with Gasteiger partial charge in [0.15, 0.2) is 5.69 Å². The van der Waals surface area contributed by atoms with Crippen LogP contribution in [0.25, 0.3) is 0 Å². The number of anilines is 2. The molecule has 0 saturated heterocycles. The van der Waals surface area contributed by atoms with Gasteiger partial charge in [-0.2, -0.15) is 0 Å². The van der Waals surface area contributed by atoms with E-state index in [1.54, 1.807) is 12.1 Å². The predicted octanol–water partition coefficient (Wildman–Crippen LogP) is 4.31. The van der Waals surface area contributed by atoms with Crippen LogP contribution in [0.1, 0.15) is 46.5 Å². The molecule has 1 unspecified atom stereocenters. The van der Waals surface area contributed by atoms with E-state index >= 15 is 0 Å². The van der Waals surface area contributed by atoms with E-state index < -0.39 is 22.9 Å². The van der Waals surface area contributed by atoms with Crippen molar-refractivity contribution in [1.29, 1.82) is 0 Å². The maximum Gasteiger partial charge on any atom is 0.277 e. The summed E-state index contributed by atoms with van der Waals surface area (Å²) in [7, 11) is 0. The van der Waals surface area contributed by atoms with E-state index in [0.717, 1.165) is 12.8 Å². The lowest BCUT2D eigenvalue weighted by molar-refractivity contribution is 0.101. The molecular formula is C24H22Cl2N5O5S-. The molecule has 10 nitrogen and oxygen atoms in total. The summed E-state index contributed by atoms with van der Waals surface area (Å²) in [6.45, 7) is 0. The highest BCUT2D eigenvalue weighted by Crippen LogP contribution is 2.29. The van der Waals surface area contributed by atoms with Crippen molar-refractivity contribution in [3.8, 4) is 5.75 Å². The second-order valence-corrected chi connectivity index (χ2v) is 9.86. The van der Waals surface area contributed by atoms with Crippen molar-refractivity contribution in [3.05, 3.63) is 71.1 Å². The average Bonchev–Trinajstić information content (AvgIpc) is 2.90. The number of benzene rings is 1. The molecule has 2 amide bonds. The van der Waals surface area contributed by atoms with Crippen LogP contribution in [-0.2, 0) is 11.1 Å². The maximum absolute atomic E-state index is 13.3. The standard InChI is InChI=1S/C24H23Cl2N5O5S/c25-14-3-10-21(28-13-14)30-24(33)22-19(2-1-11-27-22)29-23(32)18-9-8-17(37(34)35)12-20(18)36-16-6-4-15(31-26)5-7-16/h1-3,8-13,15-16,31H,4-7H2,(H,29,32)(H,34,35)(H,28,30,33)/p-1. The molecule has 1 aromatic carbocycles. The van der Waals surface area contributed by atoms with E-state index in [4.69, 9.17) is 28.1 Å². The van der Waals surface area contributed by atoms with Crippen molar-refractivity contribution < 1.29 is 23.1 Å². The SMILES string of the molecule is O=C(Nc1cccnc1C(=O)Nc1ccc(Cl)cn1)c1ccc(S(=O)[O-])cc1OC1CCC(NCl)CC1. The van der Waals surface area contributed by atoms with Gasteiger partial charge in [-0.1, -0.05) is 11.6 Å². The second kappa shape index (κ2) is 12.4. The van der Waals surface area contributed by atoms with Crippen molar-refractivity contribution in [2.45, 2.75) is 42.7 Å². The Hall–Kier alpha value is -3.09. The molecular weight excluding hydrogens is 541 g/mol. The van der Waals surface area contributed by atoms with E-state index in [2.05, 4.69) is 25.4 Å². The Balaban J connectivity index is 1.55. The van der Waals surface area contributed by atoms with Gasteiger partial charge < -0.3 is 19.9 Å². The predicted molar refractivity (Wildman–Crippen MR) is 139 cm³/mol. The highest BCUT2D eigenvalue weighted by Gasteiger charge is 2.25. The molecule has 194 valence electrons. The first-order valence-corrected chi connectivity index (χ1v) is 13.1. The van der Waals surface area contributed by atoms with Gasteiger partial charge in [-0.25, -0.2) is 14.8 Å². The van der Waals surface area contributed by atoms with E-state index in [0.29, 0.717) is 17.9 Å². The third-order valence-electron chi connectivity index (χ3n) is 5.75. The molecule has 1 atom stereocenters. The van der Waals surface area contributed by atoms with Crippen LogP contribution in [0.3, 0.4) is 0 Å². The normalized spacial score (nSPS) is 18.0. The molecule has 2 heterocycles. The number of nitrogens with one attached hydrogen (secondary N) is 3. The van der Waals surface area contributed by atoms with Gasteiger partial charge in [0, 0.05) is 23.3 Å². The number of nitrogens with zero attached hydrogens (tertiary/aromatic N) is 2. The smallest absolute Gasteiger partial charge is 0.277 e. The largest absolute Gasteiger partial charge is 0.768 e. The molecule has 0 bridgehead atoms. The number of carbonyl (C=O) groups is 2. The molecule has 0 aliphatic heterocycles. The van der Waals surface area contributed by atoms with Crippen molar-refractivity contribution in [2.75, 3.05) is 10.6 Å². The number of aromatic nitrogens is 2. The molecule has 1 aliphatic carbocycles. The number of halogens is 2. The van der Waals surface area contributed by atoms with Gasteiger partial charge in [-0.3, -0.25) is 13.8 Å². The summed E-state index contributed by atoms with van der Waals surface area (Å²) in [5.41, 5.74) is 0.218. The summed E-state index contributed by atoms with van der Waals surface area (Å²) in [4.78, 5) is 36.9. The summed E-state index contributed by atoms with van der Waals surface area (Å²) in [5, 5.41) is 5.70. The minimum absolute atomic E-state index is 0.0143. The third kappa shape index (κ3) is 7.02. The molecule has 1 fully saturated rings. The van der Waals surface area contributed by atoms with E-state index in [9.17, 15) is 18.4 Å². The summed E-state index contributed by atoms with van der Waals surface area (Å²) in [6.07, 6.45) is 5.51. The lowest BCUT2D eigenvalue weighted by atomic mass is 9.93. The first-order valence-electron chi connectivity index (χ1n) is 11.3. The summed E-state index contributed by atoms with van der Waals surface area (Å²) in [6, 6.07) is 10.4. The number of carbonyl (C=O) groups excluding carboxylic acids is 2. The Morgan fingerprint density at radius 2 is 1.81 bits per heavy atom. The van der Waals surface area contributed by atoms with Crippen LogP contribution < -0.4 is 20.2 Å². The highest BCUT2D eigenvalue weighted by atomic mass is 35.5. The molecule has 13 heteroatoms. The Bertz CT molecular complexity index is 1300. The van der Waals surface area contributed by atoms with Crippen molar-refractivity contribution >= 4 is 57.8 Å². The first kappa shape index (κ1) is 27.0. The van der Waals surface area contributed by atoms with Gasteiger partial charge in [0.25, 0.3) is 11.8 Å². The number of ether oxygens (including phenoxy) is 1. The molecule has 3 aromatic rings. The first-order chi connectivity index (χ1) is 17.8. The van der Waals surface area contributed by atoms with Crippen LogP contribution in [0.15, 0.2) is 59.8 Å². The molecule has 0 radical (unpaired) electrons. The molecule has 37 heavy (non-hydrogen) atoms. The fraction of sp³-hybridized carbons (Fsp3) is 0.250. The number of rotatable bonds is 8. The van der Waals surface area contributed by atoms with Crippen molar-refractivity contribution in [2.24, 2.45) is 0 Å². The number of hydrogen-bond acceptors (Lipinski definition) is 8. The number of pyridine rings is 2. The van der Waals surface area contributed by atoms with E-state index in [1.807, 2.05) is 0 Å². The molecule has 2 aromatic heterocycles. The Morgan fingerprint density at radius 3 is 2.49 bits per heavy atom. The van der Waals surface area contributed by atoms with Gasteiger partial charge >= 0.3 is 0 Å². The van der Waals surface area contributed by atoms with Crippen LogP contribution in [0.5, 0.6) is 5.75 Å². The fourth-order valence-corrected chi connectivity index (χ4v) is 4.58. The molecule has 0 spiro atoms. The van der Waals surface area contributed by atoms with Crippen LogP contribution in [0.4, 0.5) is 11.5 Å². The van der Waals surface area contributed by atoms with Gasteiger partial charge in [0.05, 0.1) is 22.4 Å². The van der Waals surface area contributed by atoms with E-state index in [-0.39, 0.29) is 45.6 Å². The van der Waals surface area contributed by atoms with Crippen LogP contribution in [0.2, 0.25) is 5.02 Å². The van der Waals surface area contributed by atoms with Crippen LogP contribution >= 0.6 is 23.4 Å². The zero-order valence-corrected chi connectivity index (χ0v) is 21.6. The lowest BCUT2D eigenvalue weighted by Crippen LogP contribution is -2.32.